The van der Waals surface area contributed by atoms with Crippen LogP contribution in [0.3, 0.4) is 0 Å². The molecule has 0 spiro atoms. The van der Waals surface area contributed by atoms with Crippen molar-refractivity contribution < 1.29 is 0 Å². The Balaban J connectivity index is 1.73. The molecule has 92 valence electrons. The Morgan fingerprint density at radius 3 is 3.11 bits per heavy atom. The molecule has 0 aromatic carbocycles. The van der Waals surface area contributed by atoms with E-state index >= 15 is 0 Å². The van der Waals surface area contributed by atoms with Crippen molar-refractivity contribution in [3.05, 3.63) is 50.1 Å². The summed E-state index contributed by atoms with van der Waals surface area (Å²) in [7, 11) is 0. The number of rotatable bonds is 0. The second-order valence-corrected chi connectivity index (χ2v) is 7.27. The fourth-order valence-corrected chi connectivity index (χ4v) is 5.38. The van der Waals surface area contributed by atoms with Gasteiger partial charge in [-0.1, -0.05) is 17.7 Å². The van der Waals surface area contributed by atoms with Crippen molar-refractivity contribution in [1.82, 2.24) is 0 Å². The topological polar surface area (TPSA) is 0 Å². The third-order valence-electron chi connectivity index (χ3n) is 4.12. The van der Waals surface area contributed by atoms with Crippen LogP contribution in [0.25, 0.3) is 5.57 Å². The number of allylic oxidation sites excluding steroid dienone is 6. The van der Waals surface area contributed by atoms with Crippen molar-refractivity contribution in [2.45, 2.75) is 32.1 Å². The van der Waals surface area contributed by atoms with Crippen LogP contribution in [-0.4, -0.2) is 5.75 Å². The highest BCUT2D eigenvalue weighted by atomic mass is 32.2. The lowest BCUT2D eigenvalue weighted by molar-refractivity contribution is 0.916. The molecule has 1 aliphatic heterocycles. The van der Waals surface area contributed by atoms with Crippen molar-refractivity contribution >= 4 is 28.7 Å². The number of thiophene rings is 1. The monoisotopic (exact) mass is 272 g/mol. The lowest BCUT2D eigenvalue weighted by atomic mass is 10.1. The molecule has 0 saturated carbocycles. The summed E-state index contributed by atoms with van der Waals surface area (Å²) in [5.41, 5.74) is 6.41. The van der Waals surface area contributed by atoms with Gasteiger partial charge < -0.3 is 0 Å². The highest BCUT2D eigenvalue weighted by Crippen LogP contribution is 2.44. The summed E-state index contributed by atoms with van der Waals surface area (Å²) in [4.78, 5) is 3.21. The minimum absolute atomic E-state index is 1.16. The minimum atomic E-state index is 1.16. The molecule has 0 atom stereocenters. The molecule has 0 unspecified atom stereocenters. The summed E-state index contributed by atoms with van der Waals surface area (Å²) in [5.74, 6) is 1.32. The molecule has 2 heterocycles. The van der Waals surface area contributed by atoms with Crippen molar-refractivity contribution in [2.75, 3.05) is 5.75 Å². The summed E-state index contributed by atoms with van der Waals surface area (Å²) in [6.07, 6.45) is 11.2. The van der Waals surface area contributed by atoms with Crippen LogP contribution in [0.1, 0.15) is 36.1 Å². The Bertz CT molecular complexity index is 584. The third kappa shape index (κ3) is 1.74. The lowest BCUT2D eigenvalue weighted by Crippen LogP contribution is -1.82. The number of thioether (sulfide) groups is 1. The number of fused-ring (bicyclic) bond motifs is 3. The van der Waals surface area contributed by atoms with E-state index in [9.17, 15) is 0 Å². The minimum Gasteiger partial charge on any atom is -0.144 e. The quantitative estimate of drug-likeness (QED) is 0.626. The molecular formula is C16H16S2. The van der Waals surface area contributed by atoms with Crippen LogP contribution in [0.4, 0.5) is 0 Å². The zero-order valence-corrected chi connectivity index (χ0v) is 12.0. The molecule has 2 aliphatic carbocycles. The van der Waals surface area contributed by atoms with Gasteiger partial charge in [-0.2, -0.15) is 0 Å². The van der Waals surface area contributed by atoms with Gasteiger partial charge in [0.15, 0.2) is 0 Å². The Kier molecular flexibility index (Phi) is 2.74. The van der Waals surface area contributed by atoms with Gasteiger partial charge in [0.05, 0.1) is 0 Å². The molecule has 0 radical (unpaired) electrons. The average Bonchev–Trinajstić information content (AvgIpc) is 3.02. The first-order chi connectivity index (χ1) is 8.92. The molecule has 2 heteroatoms. The van der Waals surface area contributed by atoms with E-state index in [1.54, 1.807) is 27.2 Å². The first-order valence-electron chi connectivity index (χ1n) is 6.72. The van der Waals surface area contributed by atoms with Gasteiger partial charge in [-0.15, -0.1) is 23.1 Å². The molecular weight excluding hydrogens is 256 g/mol. The van der Waals surface area contributed by atoms with Crippen LogP contribution in [0.5, 0.6) is 0 Å². The second-order valence-electron chi connectivity index (χ2n) is 5.17. The number of hydrogen-bond donors (Lipinski definition) is 0. The highest BCUT2D eigenvalue weighted by Gasteiger charge is 2.23. The van der Waals surface area contributed by atoms with Gasteiger partial charge in [-0.05, 0) is 65.2 Å². The molecule has 1 aromatic heterocycles. The predicted molar refractivity (Wildman–Crippen MR) is 82.0 cm³/mol. The lowest BCUT2D eigenvalue weighted by Gasteiger charge is -2.02. The van der Waals surface area contributed by atoms with E-state index in [4.69, 9.17) is 0 Å². The van der Waals surface area contributed by atoms with Crippen LogP contribution in [-0.2, 0) is 6.42 Å². The van der Waals surface area contributed by atoms with E-state index in [1.807, 2.05) is 11.3 Å². The van der Waals surface area contributed by atoms with Crippen LogP contribution in [0.15, 0.2) is 39.6 Å². The third-order valence-corrected chi connectivity index (χ3v) is 6.32. The van der Waals surface area contributed by atoms with E-state index < -0.39 is 0 Å². The van der Waals surface area contributed by atoms with E-state index in [2.05, 4.69) is 35.4 Å². The molecule has 1 aromatic rings. The summed E-state index contributed by atoms with van der Waals surface area (Å²) < 4.78 is 0. The normalized spacial score (nSPS) is 28.2. The molecule has 0 bridgehead atoms. The predicted octanol–water partition coefficient (Wildman–Crippen LogP) is 5.19. The maximum absolute atomic E-state index is 2.50. The van der Waals surface area contributed by atoms with Gasteiger partial charge in [-0.25, -0.2) is 0 Å². The average molecular weight is 272 g/mol. The van der Waals surface area contributed by atoms with Crippen molar-refractivity contribution in [3.63, 3.8) is 0 Å². The zero-order valence-electron chi connectivity index (χ0n) is 10.4. The Labute approximate surface area is 116 Å². The molecule has 0 fully saturated rings. The van der Waals surface area contributed by atoms with Crippen molar-refractivity contribution in [3.8, 4) is 0 Å². The van der Waals surface area contributed by atoms with Gasteiger partial charge in [0.2, 0.25) is 0 Å². The largest absolute Gasteiger partial charge is 0.144 e. The van der Waals surface area contributed by atoms with Crippen molar-refractivity contribution in [2.24, 2.45) is 0 Å². The van der Waals surface area contributed by atoms with Gasteiger partial charge in [0.25, 0.3) is 0 Å². The Morgan fingerprint density at radius 2 is 2.11 bits per heavy atom. The van der Waals surface area contributed by atoms with Crippen LogP contribution in [0, 0.1) is 0 Å². The fraction of sp³-hybridized carbons (Fsp3) is 0.375. The fourth-order valence-electron chi connectivity index (χ4n) is 3.18. The van der Waals surface area contributed by atoms with Crippen molar-refractivity contribution in [1.29, 1.82) is 0 Å². The van der Waals surface area contributed by atoms with Crippen LogP contribution >= 0.6 is 23.1 Å². The maximum Gasteiger partial charge on any atom is 0.0377 e. The van der Waals surface area contributed by atoms with Crippen LogP contribution in [0.2, 0.25) is 0 Å². The van der Waals surface area contributed by atoms with Gasteiger partial charge in [-0.3, -0.25) is 0 Å². The smallest absolute Gasteiger partial charge is 0.0377 e. The van der Waals surface area contributed by atoms with E-state index in [1.165, 1.54) is 36.3 Å². The summed E-state index contributed by atoms with van der Waals surface area (Å²) >= 11 is 4.01. The molecule has 3 aliphatic rings. The van der Waals surface area contributed by atoms with E-state index in [0.29, 0.717) is 0 Å². The summed E-state index contributed by atoms with van der Waals surface area (Å²) in [5, 5.41) is 2.24. The first-order valence-corrected chi connectivity index (χ1v) is 8.58. The van der Waals surface area contributed by atoms with Gasteiger partial charge >= 0.3 is 0 Å². The van der Waals surface area contributed by atoms with E-state index in [-0.39, 0.29) is 0 Å². The van der Waals surface area contributed by atoms with Gasteiger partial charge in [0.1, 0.15) is 0 Å². The molecule has 18 heavy (non-hydrogen) atoms. The van der Waals surface area contributed by atoms with E-state index in [0.717, 1.165) is 6.42 Å². The Morgan fingerprint density at radius 1 is 1.11 bits per heavy atom. The molecule has 4 rings (SSSR count). The molecule has 0 nitrogen and oxygen atoms in total. The SMILES string of the molecule is C1=C2/Cc3ccsc3/C2=C/CCC2=C(C/1)SCC2. The molecule has 0 saturated heterocycles. The standard InChI is InChI=1S/C16H16S2/c1-2-11-6-8-17-15(11)5-4-12-10-13-7-9-18-16(13)14(12)3-1/h3-4,7,9H,1-2,5-6,8,10H2/b12-4-,14-3+. The summed E-state index contributed by atoms with van der Waals surface area (Å²) in [6.45, 7) is 0. The maximum atomic E-state index is 2.50. The van der Waals surface area contributed by atoms with Crippen LogP contribution < -0.4 is 0 Å². The van der Waals surface area contributed by atoms with Gasteiger partial charge in [0, 0.05) is 10.6 Å². The number of hydrogen-bond acceptors (Lipinski definition) is 2. The second kappa shape index (κ2) is 4.43. The molecule has 0 amide bonds. The highest BCUT2D eigenvalue weighted by molar-refractivity contribution is 8.03. The first kappa shape index (κ1) is 11.1. The zero-order chi connectivity index (χ0) is 11.9. The Hall–Kier alpha value is -0.730. The summed E-state index contributed by atoms with van der Waals surface area (Å²) in [6, 6.07) is 2.30. The molecule has 0 N–H and O–H groups in total.